The number of carbonyl (C=O) groups excluding carboxylic acids is 1. The molecule has 1 amide bonds. The van der Waals surface area contributed by atoms with E-state index in [9.17, 15) is 4.79 Å². The first kappa shape index (κ1) is 15.5. The van der Waals surface area contributed by atoms with Gasteiger partial charge >= 0.3 is 0 Å². The molecule has 112 valence electrons. The van der Waals surface area contributed by atoms with Gasteiger partial charge in [-0.2, -0.15) is 0 Å². The molecule has 0 saturated heterocycles. The summed E-state index contributed by atoms with van der Waals surface area (Å²) in [6, 6.07) is 3.51. The van der Waals surface area contributed by atoms with Crippen LogP contribution in [0.4, 0.5) is 0 Å². The highest BCUT2D eigenvalue weighted by atomic mass is 16.1. The molecule has 1 saturated carbocycles. The Balaban J connectivity index is 1.83. The maximum Gasteiger partial charge on any atom is 0.269 e. The lowest BCUT2D eigenvalue weighted by Gasteiger charge is -2.26. The van der Waals surface area contributed by atoms with Crippen molar-refractivity contribution in [2.45, 2.75) is 32.6 Å². The summed E-state index contributed by atoms with van der Waals surface area (Å²) in [5.41, 5.74) is 6.53. The molecule has 0 bridgehead atoms. The third-order valence-electron chi connectivity index (χ3n) is 4.02. The predicted molar refractivity (Wildman–Crippen MR) is 83.6 cm³/mol. The van der Waals surface area contributed by atoms with Crippen LogP contribution in [0.25, 0.3) is 0 Å². The van der Waals surface area contributed by atoms with Crippen LogP contribution in [-0.4, -0.2) is 24.0 Å². The fraction of sp³-hybridized carbons (Fsp3) is 0.529. The Kier molecular flexibility index (Phi) is 5.77. The molecule has 0 aliphatic heterocycles. The van der Waals surface area contributed by atoms with E-state index < -0.39 is 0 Å². The molecule has 1 heterocycles. The molecule has 0 unspecified atom stereocenters. The molecule has 21 heavy (non-hydrogen) atoms. The zero-order valence-corrected chi connectivity index (χ0v) is 12.6. The van der Waals surface area contributed by atoms with E-state index in [2.05, 4.69) is 29.1 Å². The van der Waals surface area contributed by atoms with E-state index in [1.54, 1.807) is 18.3 Å². The largest absolute Gasteiger partial charge is 0.350 e. The van der Waals surface area contributed by atoms with Crippen molar-refractivity contribution >= 4 is 5.91 Å². The Labute approximate surface area is 126 Å². The van der Waals surface area contributed by atoms with Crippen molar-refractivity contribution in [3.8, 4) is 11.8 Å². The molecule has 3 N–H and O–H groups in total. The number of carbonyl (C=O) groups is 1. The number of nitrogens with one attached hydrogen (secondary N) is 1. The van der Waals surface area contributed by atoms with Crippen molar-refractivity contribution in [3.05, 3.63) is 29.6 Å². The second-order valence-electron chi connectivity index (χ2n) is 5.77. The van der Waals surface area contributed by atoms with E-state index in [0.717, 1.165) is 18.0 Å². The standard InChI is InChI=1S/C17H23N3O/c1-13-4-6-15(7-5-13)12-20-17(21)16-9-8-14(11-19-16)3-2-10-18/h8-9,11,13,15H,4-7,10,12,18H2,1H3,(H,20,21). The summed E-state index contributed by atoms with van der Waals surface area (Å²) in [7, 11) is 0. The number of hydrogen-bond donors (Lipinski definition) is 2. The maximum absolute atomic E-state index is 12.0. The van der Waals surface area contributed by atoms with Gasteiger partial charge in [0.15, 0.2) is 0 Å². The van der Waals surface area contributed by atoms with Gasteiger partial charge in [0.25, 0.3) is 5.91 Å². The molecule has 1 aromatic heterocycles. The summed E-state index contributed by atoms with van der Waals surface area (Å²) in [5.74, 6) is 6.99. The highest BCUT2D eigenvalue weighted by Gasteiger charge is 2.19. The SMILES string of the molecule is CC1CCC(CNC(=O)c2ccc(C#CCN)cn2)CC1. The number of hydrogen-bond acceptors (Lipinski definition) is 3. The van der Waals surface area contributed by atoms with Gasteiger partial charge in [-0.05, 0) is 36.8 Å². The Hall–Kier alpha value is -1.86. The van der Waals surface area contributed by atoms with Crippen LogP contribution in [0, 0.1) is 23.7 Å². The Morgan fingerprint density at radius 1 is 1.38 bits per heavy atom. The van der Waals surface area contributed by atoms with Crippen LogP contribution >= 0.6 is 0 Å². The van der Waals surface area contributed by atoms with E-state index in [4.69, 9.17) is 5.73 Å². The molecule has 4 heteroatoms. The molecule has 0 atom stereocenters. The number of pyridine rings is 1. The molecule has 1 aliphatic rings. The monoisotopic (exact) mass is 285 g/mol. The number of nitrogens with two attached hydrogens (primary N) is 1. The average Bonchev–Trinajstić information content (AvgIpc) is 2.52. The van der Waals surface area contributed by atoms with Gasteiger partial charge in [-0.15, -0.1) is 0 Å². The van der Waals surface area contributed by atoms with Crippen LogP contribution in [0.15, 0.2) is 18.3 Å². The van der Waals surface area contributed by atoms with Gasteiger partial charge in [0.2, 0.25) is 0 Å². The molecular formula is C17H23N3O. The molecule has 0 aromatic carbocycles. The highest BCUT2D eigenvalue weighted by molar-refractivity contribution is 5.92. The van der Waals surface area contributed by atoms with Crippen molar-refractivity contribution in [1.29, 1.82) is 0 Å². The zero-order chi connectivity index (χ0) is 15.1. The number of aromatic nitrogens is 1. The Morgan fingerprint density at radius 2 is 2.14 bits per heavy atom. The molecule has 1 fully saturated rings. The third-order valence-corrected chi connectivity index (χ3v) is 4.02. The lowest BCUT2D eigenvalue weighted by molar-refractivity contribution is 0.0937. The minimum Gasteiger partial charge on any atom is -0.350 e. The van der Waals surface area contributed by atoms with Crippen LogP contribution in [-0.2, 0) is 0 Å². The van der Waals surface area contributed by atoms with Gasteiger partial charge in [0, 0.05) is 18.3 Å². The Bertz CT molecular complexity index is 519. The normalized spacial score (nSPS) is 21.2. The minimum atomic E-state index is -0.105. The smallest absolute Gasteiger partial charge is 0.269 e. The van der Waals surface area contributed by atoms with Crippen molar-refractivity contribution in [3.63, 3.8) is 0 Å². The second kappa shape index (κ2) is 7.80. The van der Waals surface area contributed by atoms with Gasteiger partial charge < -0.3 is 11.1 Å². The van der Waals surface area contributed by atoms with Crippen molar-refractivity contribution in [1.82, 2.24) is 10.3 Å². The van der Waals surface area contributed by atoms with E-state index in [-0.39, 0.29) is 5.91 Å². The topological polar surface area (TPSA) is 68.0 Å². The van der Waals surface area contributed by atoms with Crippen LogP contribution in [0.5, 0.6) is 0 Å². The van der Waals surface area contributed by atoms with E-state index in [1.165, 1.54) is 25.7 Å². The first-order valence-electron chi connectivity index (χ1n) is 7.62. The summed E-state index contributed by atoms with van der Waals surface area (Å²) >= 11 is 0. The summed E-state index contributed by atoms with van der Waals surface area (Å²) in [6.45, 7) is 3.37. The van der Waals surface area contributed by atoms with Crippen molar-refractivity contribution in [2.24, 2.45) is 17.6 Å². The summed E-state index contributed by atoms with van der Waals surface area (Å²) in [5, 5.41) is 2.99. The fourth-order valence-corrected chi connectivity index (χ4v) is 2.62. The first-order chi connectivity index (χ1) is 10.2. The summed E-state index contributed by atoms with van der Waals surface area (Å²) < 4.78 is 0. The first-order valence-corrected chi connectivity index (χ1v) is 7.62. The van der Waals surface area contributed by atoms with E-state index in [0.29, 0.717) is 18.2 Å². The van der Waals surface area contributed by atoms with Crippen LogP contribution in [0.3, 0.4) is 0 Å². The van der Waals surface area contributed by atoms with Gasteiger partial charge in [-0.3, -0.25) is 4.79 Å². The van der Waals surface area contributed by atoms with Crippen LogP contribution in [0.2, 0.25) is 0 Å². The summed E-state index contributed by atoms with van der Waals surface area (Å²) in [4.78, 5) is 16.2. The average molecular weight is 285 g/mol. The van der Waals surface area contributed by atoms with Gasteiger partial charge in [0.1, 0.15) is 5.69 Å². The predicted octanol–water partition coefficient (Wildman–Crippen LogP) is 1.95. The highest BCUT2D eigenvalue weighted by Crippen LogP contribution is 2.27. The number of amides is 1. The van der Waals surface area contributed by atoms with Gasteiger partial charge in [-0.25, -0.2) is 4.98 Å². The summed E-state index contributed by atoms with van der Waals surface area (Å²) in [6.07, 6.45) is 6.57. The molecule has 1 aliphatic carbocycles. The van der Waals surface area contributed by atoms with E-state index >= 15 is 0 Å². The number of rotatable bonds is 3. The molecule has 0 radical (unpaired) electrons. The minimum absolute atomic E-state index is 0.105. The van der Waals surface area contributed by atoms with Gasteiger partial charge in [0.05, 0.1) is 6.54 Å². The van der Waals surface area contributed by atoms with Gasteiger partial charge in [-0.1, -0.05) is 31.6 Å². The molecule has 2 rings (SSSR count). The second-order valence-corrected chi connectivity index (χ2v) is 5.77. The third kappa shape index (κ3) is 4.87. The molecule has 4 nitrogen and oxygen atoms in total. The molecule has 0 spiro atoms. The number of nitrogens with zero attached hydrogens (tertiary/aromatic N) is 1. The van der Waals surface area contributed by atoms with E-state index in [1.807, 2.05) is 0 Å². The lowest BCUT2D eigenvalue weighted by Crippen LogP contribution is -2.31. The fourth-order valence-electron chi connectivity index (χ4n) is 2.62. The Morgan fingerprint density at radius 3 is 2.76 bits per heavy atom. The maximum atomic E-state index is 12.0. The lowest BCUT2D eigenvalue weighted by atomic mass is 9.83. The van der Waals surface area contributed by atoms with Crippen LogP contribution in [0.1, 0.15) is 48.7 Å². The zero-order valence-electron chi connectivity index (χ0n) is 12.6. The van der Waals surface area contributed by atoms with Crippen LogP contribution < -0.4 is 11.1 Å². The van der Waals surface area contributed by atoms with Crippen molar-refractivity contribution < 1.29 is 4.79 Å². The van der Waals surface area contributed by atoms with Crippen molar-refractivity contribution in [2.75, 3.05) is 13.1 Å². The quantitative estimate of drug-likeness (QED) is 0.834. The molecular weight excluding hydrogens is 262 g/mol. The molecule has 1 aromatic rings.